The molecule has 3 N–H and O–H groups in total. The van der Waals surface area contributed by atoms with Crippen LogP contribution in [0, 0.1) is 0 Å². The van der Waals surface area contributed by atoms with Gasteiger partial charge in [-0.25, -0.2) is 0 Å². The van der Waals surface area contributed by atoms with Crippen molar-refractivity contribution in [2.24, 2.45) is 5.73 Å². The molecule has 1 rings (SSSR count). The van der Waals surface area contributed by atoms with Gasteiger partial charge >= 0.3 is 5.97 Å². The smallest absolute Gasteiger partial charge is 0.304 e. The number of rotatable bonds is 5. The van der Waals surface area contributed by atoms with Crippen LogP contribution in [0.1, 0.15) is 58.6 Å². The average Bonchev–Trinajstić information content (AvgIpc) is 2.36. The van der Waals surface area contributed by atoms with Crippen LogP contribution in [0.4, 0.5) is 0 Å². The van der Waals surface area contributed by atoms with Gasteiger partial charge in [-0.1, -0.05) is 58.9 Å². The van der Waals surface area contributed by atoms with Crippen LogP contribution < -0.4 is 5.73 Å². The number of hydrogen-bond donors (Lipinski definition) is 2. The highest BCUT2D eigenvalue weighted by molar-refractivity contribution is 5.69. The second kappa shape index (κ2) is 5.96. The Bertz CT molecular complexity index is 459. The molecule has 1 aromatic rings. The van der Waals surface area contributed by atoms with E-state index in [-0.39, 0.29) is 17.9 Å². The molecular weight excluding hydrogens is 250 g/mol. The fourth-order valence-electron chi connectivity index (χ4n) is 2.56. The zero-order chi connectivity index (χ0) is 15.6. The van der Waals surface area contributed by atoms with Crippen molar-refractivity contribution in [3.05, 3.63) is 35.4 Å². The SMILES string of the molecule is CCC(N)C(C)(CC(=O)O)c1ccc(C(C)(C)C)cc1. The van der Waals surface area contributed by atoms with Gasteiger partial charge in [0.25, 0.3) is 0 Å². The monoisotopic (exact) mass is 277 g/mol. The van der Waals surface area contributed by atoms with Crippen molar-refractivity contribution >= 4 is 5.97 Å². The zero-order valence-electron chi connectivity index (χ0n) is 13.2. The van der Waals surface area contributed by atoms with Gasteiger partial charge in [0.1, 0.15) is 0 Å². The number of carboxylic acid groups (broad SMARTS) is 1. The lowest BCUT2D eigenvalue weighted by atomic mass is 9.72. The molecule has 112 valence electrons. The predicted octanol–water partition coefficient (Wildman–Crippen LogP) is 3.45. The van der Waals surface area contributed by atoms with E-state index in [1.807, 2.05) is 26.0 Å². The summed E-state index contributed by atoms with van der Waals surface area (Å²) in [6.07, 6.45) is 0.807. The molecule has 0 aromatic heterocycles. The molecule has 0 fully saturated rings. The lowest BCUT2D eigenvalue weighted by Gasteiger charge is -2.35. The summed E-state index contributed by atoms with van der Waals surface area (Å²) in [6.45, 7) is 10.4. The van der Waals surface area contributed by atoms with E-state index in [2.05, 4.69) is 32.9 Å². The first-order valence-corrected chi connectivity index (χ1v) is 7.19. The molecular formula is C17H27NO2. The van der Waals surface area contributed by atoms with E-state index in [1.165, 1.54) is 5.56 Å². The quantitative estimate of drug-likeness (QED) is 0.866. The molecule has 0 amide bonds. The largest absolute Gasteiger partial charge is 0.481 e. The minimum Gasteiger partial charge on any atom is -0.481 e. The van der Waals surface area contributed by atoms with Crippen LogP contribution in [0.3, 0.4) is 0 Å². The summed E-state index contributed by atoms with van der Waals surface area (Å²) in [5, 5.41) is 9.18. The van der Waals surface area contributed by atoms with Gasteiger partial charge in [-0.05, 0) is 23.0 Å². The highest BCUT2D eigenvalue weighted by Gasteiger charge is 2.35. The Morgan fingerprint density at radius 3 is 1.95 bits per heavy atom. The Labute approximate surface area is 122 Å². The number of nitrogens with two attached hydrogens (primary N) is 1. The molecule has 0 saturated carbocycles. The fourth-order valence-corrected chi connectivity index (χ4v) is 2.56. The van der Waals surface area contributed by atoms with Crippen molar-refractivity contribution in [1.82, 2.24) is 0 Å². The molecule has 1 aromatic carbocycles. The standard InChI is InChI=1S/C17H27NO2/c1-6-14(18)17(5,11-15(19)20)13-9-7-12(8-10-13)16(2,3)4/h7-10,14H,6,11,18H2,1-5H3,(H,19,20). The topological polar surface area (TPSA) is 63.3 Å². The van der Waals surface area contributed by atoms with Gasteiger partial charge < -0.3 is 10.8 Å². The molecule has 3 nitrogen and oxygen atoms in total. The van der Waals surface area contributed by atoms with Crippen molar-refractivity contribution in [2.75, 3.05) is 0 Å². The number of hydrogen-bond acceptors (Lipinski definition) is 2. The number of benzene rings is 1. The van der Waals surface area contributed by atoms with Crippen molar-refractivity contribution in [3.8, 4) is 0 Å². The van der Waals surface area contributed by atoms with Crippen LogP contribution >= 0.6 is 0 Å². The third-order valence-electron chi connectivity index (χ3n) is 4.19. The van der Waals surface area contributed by atoms with Gasteiger partial charge in [-0.2, -0.15) is 0 Å². The summed E-state index contributed by atoms with van der Waals surface area (Å²) in [4.78, 5) is 11.2. The third kappa shape index (κ3) is 3.60. The van der Waals surface area contributed by atoms with Gasteiger partial charge in [-0.3, -0.25) is 4.79 Å². The third-order valence-corrected chi connectivity index (χ3v) is 4.19. The minimum atomic E-state index is -0.809. The molecule has 3 heteroatoms. The minimum absolute atomic E-state index is 0.0525. The molecule has 0 saturated heterocycles. The maximum Gasteiger partial charge on any atom is 0.304 e. The van der Waals surface area contributed by atoms with Crippen molar-refractivity contribution < 1.29 is 9.90 Å². The highest BCUT2D eigenvalue weighted by atomic mass is 16.4. The molecule has 2 atom stereocenters. The molecule has 0 aliphatic heterocycles. The van der Waals surface area contributed by atoms with Gasteiger partial charge in [-0.15, -0.1) is 0 Å². The fraction of sp³-hybridized carbons (Fsp3) is 0.588. The number of carbonyl (C=O) groups is 1. The molecule has 0 heterocycles. The lowest BCUT2D eigenvalue weighted by Crippen LogP contribution is -2.44. The van der Waals surface area contributed by atoms with E-state index < -0.39 is 11.4 Å². The molecule has 0 spiro atoms. The Kier molecular flexibility index (Phi) is 4.98. The van der Waals surface area contributed by atoms with Gasteiger partial charge in [0.05, 0.1) is 6.42 Å². The van der Waals surface area contributed by atoms with E-state index >= 15 is 0 Å². The Hall–Kier alpha value is -1.35. The Morgan fingerprint density at radius 1 is 1.15 bits per heavy atom. The first kappa shape index (κ1) is 16.7. The summed E-state index contributed by atoms with van der Waals surface area (Å²) in [7, 11) is 0. The van der Waals surface area contributed by atoms with E-state index in [4.69, 9.17) is 5.73 Å². The van der Waals surface area contributed by atoms with Crippen molar-refractivity contribution in [1.29, 1.82) is 0 Å². The van der Waals surface area contributed by atoms with Crippen LogP contribution in [0.15, 0.2) is 24.3 Å². The second-order valence-electron chi connectivity index (χ2n) is 6.83. The lowest BCUT2D eigenvalue weighted by molar-refractivity contribution is -0.138. The molecule has 2 unspecified atom stereocenters. The zero-order valence-corrected chi connectivity index (χ0v) is 13.2. The maximum atomic E-state index is 11.2. The molecule has 0 radical (unpaired) electrons. The number of carboxylic acids is 1. The van der Waals surface area contributed by atoms with E-state index in [0.717, 1.165) is 12.0 Å². The molecule has 0 aliphatic rings. The van der Waals surface area contributed by atoms with E-state index in [0.29, 0.717) is 0 Å². The predicted molar refractivity (Wildman–Crippen MR) is 83.0 cm³/mol. The summed E-state index contributed by atoms with van der Waals surface area (Å²) in [5.41, 5.74) is 8.00. The normalized spacial score (nSPS) is 16.5. The van der Waals surface area contributed by atoms with Gasteiger partial charge in [0, 0.05) is 11.5 Å². The highest BCUT2D eigenvalue weighted by Crippen LogP contribution is 2.33. The first-order chi connectivity index (χ1) is 9.11. The Balaban J connectivity index is 3.18. The van der Waals surface area contributed by atoms with Crippen LogP contribution in [-0.4, -0.2) is 17.1 Å². The van der Waals surface area contributed by atoms with Crippen LogP contribution in [0.2, 0.25) is 0 Å². The van der Waals surface area contributed by atoms with Crippen LogP contribution in [0.25, 0.3) is 0 Å². The van der Waals surface area contributed by atoms with E-state index in [1.54, 1.807) is 0 Å². The number of aliphatic carboxylic acids is 1. The first-order valence-electron chi connectivity index (χ1n) is 7.19. The molecule has 0 aliphatic carbocycles. The van der Waals surface area contributed by atoms with Crippen LogP contribution in [-0.2, 0) is 15.6 Å². The summed E-state index contributed by atoms with van der Waals surface area (Å²) >= 11 is 0. The summed E-state index contributed by atoms with van der Waals surface area (Å²) in [5.74, 6) is -0.809. The maximum absolute atomic E-state index is 11.2. The van der Waals surface area contributed by atoms with Crippen LogP contribution in [0.5, 0.6) is 0 Å². The van der Waals surface area contributed by atoms with E-state index in [9.17, 15) is 9.90 Å². The van der Waals surface area contributed by atoms with Crippen molar-refractivity contribution in [2.45, 2.75) is 64.3 Å². The summed E-state index contributed by atoms with van der Waals surface area (Å²) < 4.78 is 0. The molecule has 0 bridgehead atoms. The summed E-state index contributed by atoms with van der Waals surface area (Å²) in [6, 6.07) is 8.05. The molecule has 20 heavy (non-hydrogen) atoms. The van der Waals surface area contributed by atoms with Crippen molar-refractivity contribution in [3.63, 3.8) is 0 Å². The van der Waals surface area contributed by atoms with Gasteiger partial charge in [0.2, 0.25) is 0 Å². The second-order valence-corrected chi connectivity index (χ2v) is 6.83. The van der Waals surface area contributed by atoms with Gasteiger partial charge in [0.15, 0.2) is 0 Å². The Morgan fingerprint density at radius 2 is 1.60 bits per heavy atom. The average molecular weight is 277 g/mol.